The van der Waals surface area contributed by atoms with Crippen LogP contribution in [0.4, 0.5) is 11.4 Å². The van der Waals surface area contributed by atoms with E-state index in [0.29, 0.717) is 5.69 Å². The molecule has 0 aliphatic carbocycles. The number of carbonyl (C=O) groups excluding carboxylic acids is 2. The van der Waals surface area contributed by atoms with Crippen LogP contribution in [0.2, 0.25) is 5.02 Å². The summed E-state index contributed by atoms with van der Waals surface area (Å²) in [6, 6.07) is 10.6. The van der Waals surface area contributed by atoms with Crippen LogP contribution < -0.4 is 5.32 Å². The van der Waals surface area contributed by atoms with Crippen LogP contribution in [-0.2, 0) is 9.53 Å². The molecule has 2 aromatic carbocycles. The lowest BCUT2D eigenvalue weighted by Gasteiger charge is -2.14. The molecular formula is C17H15ClN2O5. The van der Waals surface area contributed by atoms with Gasteiger partial charge in [-0.05, 0) is 43.7 Å². The molecule has 1 atom stereocenters. The predicted molar refractivity (Wildman–Crippen MR) is 92.8 cm³/mol. The molecule has 0 saturated heterocycles. The predicted octanol–water partition coefficient (Wildman–Crippen LogP) is 3.74. The number of amides is 1. The Morgan fingerprint density at radius 2 is 1.96 bits per heavy atom. The molecule has 2 rings (SSSR count). The minimum atomic E-state index is -1.15. The Labute approximate surface area is 148 Å². The molecule has 0 fully saturated rings. The lowest BCUT2D eigenvalue weighted by molar-refractivity contribution is -0.385. The minimum Gasteiger partial charge on any atom is -0.449 e. The van der Waals surface area contributed by atoms with Crippen LogP contribution in [-0.4, -0.2) is 22.9 Å². The average Bonchev–Trinajstić information content (AvgIpc) is 2.54. The largest absolute Gasteiger partial charge is 0.449 e. The van der Waals surface area contributed by atoms with E-state index in [0.717, 1.165) is 17.7 Å². The Balaban J connectivity index is 2.11. The van der Waals surface area contributed by atoms with Crippen molar-refractivity contribution in [3.63, 3.8) is 0 Å². The number of nitrogens with zero attached hydrogens (tertiary/aromatic N) is 1. The Bertz CT molecular complexity index is 838. The second kappa shape index (κ2) is 7.76. The van der Waals surface area contributed by atoms with E-state index in [4.69, 9.17) is 16.3 Å². The molecule has 0 radical (unpaired) electrons. The summed E-state index contributed by atoms with van der Waals surface area (Å²) in [6.45, 7) is 3.25. The van der Waals surface area contributed by atoms with Gasteiger partial charge in [-0.25, -0.2) is 4.79 Å². The molecule has 25 heavy (non-hydrogen) atoms. The summed E-state index contributed by atoms with van der Waals surface area (Å²) in [6.07, 6.45) is -1.15. The fourth-order valence-corrected chi connectivity index (χ4v) is 2.25. The second-order valence-electron chi connectivity index (χ2n) is 5.32. The van der Waals surface area contributed by atoms with E-state index in [9.17, 15) is 19.7 Å². The van der Waals surface area contributed by atoms with Crippen molar-refractivity contribution in [2.45, 2.75) is 20.0 Å². The fourth-order valence-electron chi connectivity index (χ4n) is 2.08. The third-order valence-corrected chi connectivity index (χ3v) is 3.55. The number of esters is 1. The number of nitro benzene ring substituents is 1. The van der Waals surface area contributed by atoms with Crippen molar-refractivity contribution in [3.05, 3.63) is 68.7 Å². The van der Waals surface area contributed by atoms with Crippen LogP contribution in [0, 0.1) is 17.0 Å². The van der Waals surface area contributed by atoms with E-state index in [1.807, 2.05) is 13.0 Å². The number of aryl methyl sites for hydroxylation is 1. The first-order valence-corrected chi connectivity index (χ1v) is 7.68. The van der Waals surface area contributed by atoms with E-state index < -0.39 is 28.6 Å². The first-order chi connectivity index (χ1) is 11.8. The zero-order chi connectivity index (χ0) is 18.6. The van der Waals surface area contributed by atoms with Crippen molar-refractivity contribution in [2.24, 2.45) is 0 Å². The third kappa shape index (κ3) is 4.77. The van der Waals surface area contributed by atoms with E-state index in [-0.39, 0.29) is 10.6 Å². The third-order valence-electron chi connectivity index (χ3n) is 3.31. The number of nitrogens with one attached hydrogen (secondary N) is 1. The van der Waals surface area contributed by atoms with Gasteiger partial charge in [0, 0.05) is 16.8 Å². The SMILES string of the molecule is Cc1cccc(NC(=O)[C@@H](C)OC(=O)c2cc(Cl)ccc2[N+](=O)[O-])c1. The molecule has 0 bridgehead atoms. The van der Waals surface area contributed by atoms with E-state index >= 15 is 0 Å². The highest BCUT2D eigenvalue weighted by atomic mass is 35.5. The van der Waals surface area contributed by atoms with Gasteiger partial charge in [-0.2, -0.15) is 0 Å². The lowest BCUT2D eigenvalue weighted by Crippen LogP contribution is -2.30. The maximum Gasteiger partial charge on any atom is 0.345 e. The van der Waals surface area contributed by atoms with Crippen molar-refractivity contribution >= 4 is 34.9 Å². The highest BCUT2D eigenvalue weighted by Gasteiger charge is 2.25. The lowest BCUT2D eigenvalue weighted by atomic mass is 10.2. The molecule has 8 heteroatoms. The van der Waals surface area contributed by atoms with Crippen LogP contribution in [0.3, 0.4) is 0 Å². The van der Waals surface area contributed by atoms with Gasteiger partial charge in [-0.1, -0.05) is 23.7 Å². The highest BCUT2D eigenvalue weighted by Crippen LogP contribution is 2.24. The van der Waals surface area contributed by atoms with Crippen molar-refractivity contribution in [1.29, 1.82) is 0 Å². The number of hydrogen-bond acceptors (Lipinski definition) is 5. The number of anilines is 1. The standard InChI is InChI=1S/C17H15ClN2O5/c1-10-4-3-5-13(8-10)19-16(21)11(2)25-17(22)14-9-12(18)6-7-15(14)20(23)24/h3-9,11H,1-2H3,(H,19,21)/t11-/m1/s1. The molecule has 1 N–H and O–H groups in total. The number of benzene rings is 2. The van der Waals surface area contributed by atoms with Gasteiger partial charge in [-0.3, -0.25) is 14.9 Å². The number of hydrogen-bond donors (Lipinski definition) is 1. The number of nitro groups is 1. The molecule has 0 spiro atoms. The van der Waals surface area contributed by atoms with Crippen molar-refractivity contribution in [3.8, 4) is 0 Å². The molecular weight excluding hydrogens is 348 g/mol. The van der Waals surface area contributed by atoms with E-state index in [1.54, 1.807) is 18.2 Å². The monoisotopic (exact) mass is 362 g/mol. The van der Waals surface area contributed by atoms with Crippen molar-refractivity contribution < 1.29 is 19.2 Å². The zero-order valence-electron chi connectivity index (χ0n) is 13.5. The molecule has 0 unspecified atom stereocenters. The minimum absolute atomic E-state index is 0.148. The number of rotatable bonds is 5. The highest BCUT2D eigenvalue weighted by molar-refractivity contribution is 6.31. The molecule has 0 aliphatic rings. The van der Waals surface area contributed by atoms with Crippen molar-refractivity contribution in [1.82, 2.24) is 0 Å². The van der Waals surface area contributed by atoms with Gasteiger partial charge in [0.1, 0.15) is 5.56 Å². The summed E-state index contributed by atoms with van der Waals surface area (Å²) in [4.78, 5) is 34.6. The Hall–Kier alpha value is -2.93. The number of halogens is 1. The Morgan fingerprint density at radius 1 is 1.24 bits per heavy atom. The maximum absolute atomic E-state index is 12.2. The zero-order valence-corrected chi connectivity index (χ0v) is 14.2. The first kappa shape index (κ1) is 18.4. The van der Waals surface area contributed by atoms with Crippen LogP contribution in [0.1, 0.15) is 22.8 Å². The van der Waals surface area contributed by atoms with E-state index in [1.165, 1.54) is 13.0 Å². The molecule has 0 saturated carbocycles. The molecule has 0 aliphatic heterocycles. The van der Waals surface area contributed by atoms with Gasteiger partial charge in [-0.15, -0.1) is 0 Å². The summed E-state index contributed by atoms with van der Waals surface area (Å²) >= 11 is 5.78. The van der Waals surface area contributed by atoms with E-state index in [2.05, 4.69) is 5.32 Å². The second-order valence-corrected chi connectivity index (χ2v) is 5.76. The van der Waals surface area contributed by atoms with Crippen molar-refractivity contribution in [2.75, 3.05) is 5.32 Å². The van der Waals surface area contributed by atoms with Gasteiger partial charge in [0.25, 0.3) is 11.6 Å². The van der Waals surface area contributed by atoms with Gasteiger partial charge >= 0.3 is 5.97 Å². The molecule has 0 aromatic heterocycles. The molecule has 2 aromatic rings. The van der Waals surface area contributed by atoms with Crippen LogP contribution >= 0.6 is 11.6 Å². The molecule has 0 heterocycles. The fraction of sp³-hybridized carbons (Fsp3) is 0.176. The van der Waals surface area contributed by atoms with Gasteiger partial charge in [0.2, 0.25) is 0 Å². The summed E-state index contributed by atoms with van der Waals surface area (Å²) < 4.78 is 5.03. The summed E-state index contributed by atoms with van der Waals surface area (Å²) in [5, 5.41) is 13.8. The smallest absolute Gasteiger partial charge is 0.345 e. The molecule has 130 valence electrons. The normalized spacial score (nSPS) is 11.5. The maximum atomic E-state index is 12.2. The summed E-state index contributed by atoms with van der Waals surface area (Å²) in [7, 11) is 0. The first-order valence-electron chi connectivity index (χ1n) is 7.30. The molecule has 1 amide bonds. The van der Waals surface area contributed by atoms with Crippen LogP contribution in [0.5, 0.6) is 0 Å². The Kier molecular flexibility index (Phi) is 5.71. The van der Waals surface area contributed by atoms with Crippen LogP contribution in [0.25, 0.3) is 0 Å². The number of ether oxygens (including phenoxy) is 1. The van der Waals surface area contributed by atoms with Gasteiger partial charge in [0.05, 0.1) is 4.92 Å². The summed E-state index contributed by atoms with van der Waals surface area (Å²) in [5.41, 5.74) is 0.757. The van der Waals surface area contributed by atoms with Gasteiger partial charge in [0.15, 0.2) is 6.10 Å². The molecule has 7 nitrogen and oxygen atoms in total. The topological polar surface area (TPSA) is 98.5 Å². The van der Waals surface area contributed by atoms with Crippen LogP contribution in [0.15, 0.2) is 42.5 Å². The quantitative estimate of drug-likeness (QED) is 0.496. The summed E-state index contributed by atoms with van der Waals surface area (Å²) in [5.74, 6) is -1.55. The average molecular weight is 363 g/mol. The Morgan fingerprint density at radius 3 is 2.60 bits per heavy atom. The number of carbonyl (C=O) groups is 2. The van der Waals surface area contributed by atoms with Gasteiger partial charge < -0.3 is 10.1 Å².